The topological polar surface area (TPSA) is 60.2 Å². The first-order valence-corrected chi connectivity index (χ1v) is 4.02. The van der Waals surface area contributed by atoms with Crippen LogP contribution in [0.5, 0.6) is 0 Å². The molecular weight excluding hydrogens is 142 g/mol. The summed E-state index contributed by atoms with van der Waals surface area (Å²) in [5.74, 6) is 0.124. The summed E-state index contributed by atoms with van der Waals surface area (Å²) in [6, 6.07) is 0. The molecule has 2 aliphatic carbocycles. The van der Waals surface area contributed by atoms with Gasteiger partial charge in [0.1, 0.15) is 5.78 Å². The molecule has 0 spiro atoms. The highest BCUT2D eigenvalue weighted by molar-refractivity contribution is 5.93. The first-order chi connectivity index (χ1) is 5.20. The van der Waals surface area contributed by atoms with Crippen LogP contribution in [0.2, 0.25) is 0 Å². The van der Waals surface area contributed by atoms with Crippen molar-refractivity contribution in [3.05, 3.63) is 0 Å². The molecule has 2 N–H and O–H groups in total. The average molecular weight is 153 g/mol. The Balaban J connectivity index is 2.25. The van der Waals surface area contributed by atoms with E-state index in [0.29, 0.717) is 6.42 Å². The van der Waals surface area contributed by atoms with Gasteiger partial charge in [0.25, 0.3) is 0 Å². The summed E-state index contributed by atoms with van der Waals surface area (Å²) in [4.78, 5) is 22.0. The zero-order valence-corrected chi connectivity index (χ0v) is 6.25. The fraction of sp³-hybridized carbons (Fsp3) is 0.750. The number of amides is 1. The first kappa shape index (κ1) is 6.83. The molecule has 0 unspecified atom stereocenters. The fourth-order valence-corrected chi connectivity index (χ4v) is 2.51. The number of carbonyl (C=O) groups excluding carboxylic acids is 2. The maximum absolute atomic E-state index is 11.1. The SMILES string of the molecule is NC(=O)[C@@H]1[C@H]2CC[C@@H]1C(=O)C2. The molecule has 3 nitrogen and oxygen atoms in total. The van der Waals surface area contributed by atoms with Crippen LogP contribution in [0, 0.1) is 17.8 Å². The Hall–Kier alpha value is -0.860. The predicted molar refractivity (Wildman–Crippen MR) is 38.5 cm³/mol. The molecule has 2 saturated carbocycles. The number of nitrogens with two attached hydrogens (primary N) is 1. The van der Waals surface area contributed by atoms with E-state index in [4.69, 9.17) is 5.73 Å². The van der Waals surface area contributed by atoms with Crippen molar-refractivity contribution in [3.63, 3.8) is 0 Å². The van der Waals surface area contributed by atoms with E-state index >= 15 is 0 Å². The van der Waals surface area contributed by atoms with E-state index in [-0.39, 0.29) is 29.4 Å². The van der Waals surface area contributed by atoms with E-state index < -0.39 is 0 Å². The van der Waals surface area contributed by atoms with Gasteiger partial charge in [0, 0.05) is 12.3 Å². The van der Waals surface area contributed by atoms with Gasteiger partial charge in [-0.2, -0.15) is 0 Å². The zero-order valence-electron chi connectivity index (χ0n) is 6.25. The van der Waals surface area contributed by atoms with Crippen LogP contribution in [-0.4, -0.2) is 11.7 Å². The van der Waals surface area contributed by atoms with Gasteiger partial charge < -0.3 is 5.73 Å². The Bertz CT molecular complexity index is 224. The number of hydrogen-bond acceptors (Lipinski definition) is 2. The standard InChI is InChI=1S/C8H11NO2/c9-8(11)7-4-1-2-5(7)6(10)3-4/h4-5,7H,1-3H2,(H2,9,11)/t4-,5+,7+/m0/s1. The van der Waals surface area contributed by atoms with E-state index in [1.807, 2.05) is 0 Å². The third-order valence-corrected chi connectivity index (χ3v) is 3.00. The number of rotatable bonds is 1. The lowest BCUT2D eigenvalue weighted by atomic mass is 9.97. The maximum Gasteiger partial charge on any atom is 0.221 e. The van der Waals surface area contributed by atoms with Gasteiger partial charge in [0.2, 0.25) is 5.91 Å². The zero-order chi connectivity index (χ0) is 8.01. The number of hydrogen-bond donors (Lipinski definition) is 1. The van der Waals surface area contributed by atoms with Crippen LogP contribution in [0.15, 0.2) is 0 Å². The molecule has 2 aliphatic rings. The summed E-state index contributed by atoms with van der Waals surface area (Å²) in [5.41, 5.74) is 5.19. The average Bonchev–Trinajstić information content (AvgIpc) is 2.41. The van der Waals surface area contributed by atoms with E-state index in [9.17, 15) is 9.59 Å². The second kappa shape index (κ2) is 2.06. The van der Waals surface area contributed by atoms with Gasteiger partial charge in [-0.05, 0) is 18.8 Å². The lowest BCUT2D eigenvalue weighted by Gasteiger charge is -2.07. The molecule has 0 aliphatic heterocycles. The third-order valence-electron chi connectivity index (χ3n) is 3.00. The number of Topliss-reactive ketones (excluding diaryl/α,β-unsaturated/α-hetero) is 1. The molecule has 3 heteroatoms. The molecule has 2 rings (SSSR count). The van der Waals surface area contributed by atoms with Crippen molar-refractivity contribution < 1.29 is 9.59 Å². The first-order valence-electron chi connectivity index (χ1n) is 4.02. The molecule has 3 atom stereocenters. The highest BCUT2D eigenvalue weighted by Crippen LogP contribution is 2.46. The molecule has 11 heavy (non-hydrogen) atoms. The molecule has 0 aromatic heterocycles. The second-order valence-corrected chi connectivity index (χ2v) is 3.54. The van der Waals surface area contributed by atoms with Gasteiger partial charge >= 0.3 is 0 Å². The lowest BCUT2D eigenvalue weighted by molar-refractivity contribution is -0.127. The van der Waals surface area contributed by atoms with E-state index in [0.717, 1.165) is 12.8 Å². The highest BCUT2D eigenvalue weighted by atomic mass is 16.1. The highest BCUT2D eigenvalue weighted by Gasteiger charge is 2.49. The largest absolute Gasteiger partial charge is 0.369 e. The van der Waals surface area contributed by atoms with Crippen LogP contribution in [0.25, 0.3) is 0 Å². The number of fused-ring (bicyclic) bond motifs is 2. The van der Waals surface area contributed by atoms with Crippen molar-refractivity contribution in [2.45, 2.75) is 19.3 Å². The Morgan fingerprint density at radius 1 is 1.45 bits per heavy atom. The van der Waals surface area contributed by atoms with Crippen molar-refractivity contribution in [3.8, 4) is 0 Å². The minimum atomic E-state index is -0.275. The molecule has 0 radical (unpaired) electrons. The lowest BCUT2D eigenvalue weighted by Crippen LogP contribution is -2.27. The Kier molecular flexibility index (Phi) is 1.28. The smallest absolute Gasteiger partial charge is 0.221 e. The summed E-state index contributed by atoms with van der Waals surface area (Å²) >= 11 is 0. The molecule has 0 aromatic carbocycles. The van der Waals surface area contributed by atoms with Gasteiger partial charge in [-0.15, -0.1) is 0 Å². The van der Waals surface area contributed by atoms with Crippen LogP contribution >= 0.6 is 0 Å². The summed E-state index contributed by atoms with van der Waals surface area (Å²) < 4.78 is 0. The van der Waals surface area contributed by atoms with Crippen LogP contribution in [0.4, 0.5) is 0 Å². The molecule has 0 heterocycles. The molecule has 2 fully saturated rings. The van der Waals surface area contributed by atoms with Crippen LogP contribution < -0.4 is 5.73 Å². The van der Waals surface area contributed by atoms with Gasteiger partial charge in [0.05, 0.1) is 5.92 Å². The van der Waals surface area contributed by atoms with Crippen molar-refractivity contribution in [1.82, 2.24) is 0 Å². The Labute approximate surface area is 64.9 Å². The van der Waals surface area contributed by atoms with Crippen LogP contribution in [0.1, 0.15) is 19.3 Å². The Morgan fingerprint density at radius 3 is 2.45 bits per heavy atom. The second-order valence-electron chi connectivity index (χ2n) is 3.54. The number of ketones is 1. The minimum Gasteiger partial charge on any atom is -0.369 e. The minimum absolute atomic E-state index is 0.0162. The fourth-order valence-electron chi connectivity index (χ4n) is 2.51. The maximum atomic E-state index is 11.1. The third kappa shape index (κ3) is 0.800. The van der Waals surface area contributed by atoms with E-state index in [2.05, 4.69) is 0 Å². The predicted octanol–water partition coefficient (Wildman–Crippen LogP) is 0.0869. The summed E-state index contributed by atoms with van der Waals surface area (Å²) in [7, 11) is 0. The number of carbonyl (C=O) groups is 2. The monoisotopic (exact) mass is 153 g/mol. The normalized spacial score (nSPS) is 41.5. The summed E-state index contributed by atoms with van der Waals surface area (Å²) in [6.07, 6.45) is 2.50. The van der Waals surface area contributed by atoms with Crippen molar-refractivity contribution in [1.29, 1.82) is 0 Å². The van der Waals surface area contributed by atoms with E-state index in [1.165, 1.54) is 0 Å². The molecule has 2 bridgehead atoms. The van der Waals surface area contributed by atoms with Crippen LogP contribution in [-0.2, 0) is 9.59 Å². The van der Waals surface area contributed by atoms with Crippen molar-refractivity contribution in [2.24, 2.45) is 23.5 Å². The number of primary amides is 1. The van der Waals surface area contributed by atoms with Gasteiger partial charge in [0.15, 0.2) is 0 Å². The molecule has 0 aromatic rings. The van der Waals surface area contributed by atoms with Crippen molar-refractivity contribution in [2.75, 3.05) is 0 Å². The van der Waals surface area contributed by atoms with E-state index in [1.54, 1.807) is 0 Å². The molecule has 0 saturated heterocycles. The van der Waals surface area contributed by atoms with Gasteiger partial charge in [-0.3, -0.25) is 9.59 Å². The Morgan fingerprint density at radius 2 is 2.18 bits per heavy atom. The summed E-state index contributed by atoms with van der Waals surface area (Å²) in [6.45, 7) is 0. The van der Waals surface area contributed by atoms with Crippen molar-refractivity contribution >= 4 is 11.7 Å². The molecular formula is C8H11NO2. The quantitative estimate of drug-likeness (QED) is 0.580. The molecule has 60 valence electrons. The van der Waals surface area contributed by atoms with Gasteiger partial charge in [-0.1, -0.05) is 0 Å². The van der Waals surface area contributed by atoms with Gasteiger partial charge in [-0.25, -0.2) is 0 Å². The summed E-state index contributed by atoms with van der Waals surface area (Å²) in [5, 5.41) is 0. The molecule has 1 amide bonds. The van der Waals surface area contributed by atoms with Crippen LogP contribution in [0.3, 0.4) is 0 Å².